The summed E-state index contributed by atoms with van der Waals surface area (Å²) in [5.41, 5.74) is 0.732. The van der Waals surface area contributed by atoms with Crippen LogP contribution in [0.4, 0.5) is 0 Å². The van der Waals surface area contributed by atoms with Crippen molar-refractivity contribution in [2.24, 2.45) is 5.41 Å². The second-order valence-corrected chi connectivity index (χ2v) is 4.57. The summed E-state index contributed by atoms with van der Waals surface area (Å²) in [6.45, 7) is 4.98. The highest BCUT2D eigenvalue weighted by atomic mass is 79.9. The highest BCUT2D eigenvalue weighted by Gasteiger charge is 2.25. The van der Waals surface area contributed by atoms with E-state index >= 15 is 0 Å². The summed E-state index contributed by atoms with van der Waals surface area (Å²) in [4.78, 5) is 11.7. The Morgan fingerprint density at radius 1 is 1.56 bits per heavy atom. The Bertz CT molecular complexity index is 312. The molecule has 1 aromatic rings. The maximum absolute atomic E-state index is 11.7. The molecule has 1 heterocycles. The Hall–Kier alpha value is -0.840. The molecule has 0 aliphatic heterocycles. The van der Waals surface area contributed by atoms with Gasteiger partial charge < -0.3 is 5.32 Å². The van der Waals surface area contributed by atoms with Gasteiger partial charge in [-0.1, -0.05) is 29.8 Å². The van der Waals surface area contributed by atoms with Gasteiger partial charge in [0, 0.05) is 18.1 Å². The number of rotatable bonds is 6. The standard InChI is InChI=1S/C11H18BrN3O/c1-3-11(4-2,7-12)8-13-10(16)9-5-14-15-6-9/h5-6H,3-4,7-8H2,1-2H3,(H,13,16)(H,14,15). The van der Waals surface area contributed by atoms with Crippen molar-refractivity contribution in [1.29, 1.82) is 0 Å². The molecular weight excluding hydrogens is 270 g/mol. The van der Waals surface area contributed by atoms with E-state index in [9.17, 15) is 4.79 Å². The molecular formula is C11H18BrN3O. The molecule has 0 unspecified atom stereocenters. The fourth-order valence-electron chi connectivity index (χ4n) is 1.48. The van der Waals surface area contributed by atoms with Crippen molar-refractivity contribution in [1.82, 2.24) is 15.5 Å². The smallest absolute Gasteiger partial charge is 0.254 e. The molecule has 2 N–H and O–H groups in total. The van der Waals surface area contributed by atoms with Crippen LogP contribution in [-0.2, 0) is 0 Å². The summed E-state index contributed by atoms with van der Waals surface area (Å²) in [6, 6.07) is 0. The van der Waals surface area contributed by atoms with Crippen LogP contribution >= 0.6 is 15.9 Å². The molecule has 4 nitrogen and oxygen atoms in total. The van der Waals surface area contributed by atoms with E-state index in [1.807, 2.05) is 0 Å². The number of nitrogens with one attached hydrogen (secondary N) is 2. The van der Waals surface area contributed by atoms with Gasteiger partial charge in [0.1, 0.15) is 0 Å². The minimum Gasteiger partial charge on any atom is -0.351 e. The molecule has 1 aromatic heterocycles. The van der Waals surface area contributed by atoms with Crippen molar-refractivity contribution in [3.8, 4) is 0 Å². The third-order valence-electron chi connectivity index (χ3n) is 3.17. The van der Waals surface area contributed by atoms with Crippen LogP contribution in [0.2, 0.25) is 0 Å². The van der Waals surface area contributed by atoms with Gasteiger partial charge >= 0.3 is 0 Å². The molecule has 0 aliphatic carbocycles. The monoisotopic (exact) mass is 287 g/mol. The SMILES string of the molecule is CCC(CC)(CBr)CNC(=O)c1cn[nH]c1. The zero-order chi connectivity index (χ0) is 12.0. The molecule has 0 fully saturated rings. The maximum atomic E-state index is 11.7. The van der Waals surface area contributed by atoms with E-state index in [4.69, 9.17) is 0 Å². The Morgan fingerprint density at radius 2 is 2.25 bits per heavy atom. The van der Waals surface area contributed by atoms with Crippen molar-refractivity contribution in [3.63, 3.8) is 0 Å². The highest BCUT2D eigenvalue weighted by molar-refractivity contribution is 9.09. The highest BCUT2D eigenvalue weighted by Crippen LogP contribution is 2.27. The quantitative estimate of drug-likeness (QED) is 0.789. The van der Waals surface area contributed by atoms with Gasteiger partial charge in [-0.05, 0) is 18.3 Å². The van der Waals surface area contributed by atoms with Crippen LogP contribution in [0, 0.1) is 5.41 Å². The average molecular weight is 288 g/mol. The number of H-pyrrole nitrogens is 1. The van der Waals surface area contributed by atoms with Gasteiger partial charge in [0.15, 0.2) is 0 Å². The number of halogens is 1. The van der Waals surface area contributed by atoms with Gasteiger partial charge in [-0.2, -0.15) is 5.10 Å². The second-order valence-electron chi connectivity index (χ2n) is 4.01. The minimum atomic E-state index is -0.0685. The van der Waals surface area contributed by atoms with Gasteiger partial charge in [0.05, 0.1) is 11.8 Å². The fourth-order valence-corrected chi connectivity index (χ4v) is 2.47. The van der Waals surface area contributed by atoms with Crippen LogP contribution in [0.15, 0.2) is 12.4 Å². The summed E-state index contributed by atoms with van der Waals surface area (Å²) in [5.74, 6) is -0.0685. The molecule has 0 saturated heterocycles. The molecule has 0 aromatic carbocycles. The average Bonchev–Trinajstić information content (AvgIpc) is 2.85. The lowest BCUT2D eigenvalue weighted by Gasteiger charge is -2.29. The second kappa shape index (κ2) is 6.03. The van der Waals surface area contributed by atoms with E-state index in [0.717, 1.165) is 18.2 Å². The molecule has 0 saturated carbocycles. The first kappa shape index (κ1) is 13.2. The maximum Gasteiger partial charge on any atom is 0.254 e. The summed E-state index contributed by atoms with van der Waals surface area (Å²) < 4.78 is 0. The first-order valence-corrected chi connectivity index (χ1v) is 6.62. The van der Waals surface area contributed by atoms with Crippen molar-refractivity contribution < 1.29 is 4.79 Å². The molecule has 0 radical (unpaired) electrons. The van der Waals surface area contributed by atoms with E-state index in [-0.39, 0.29) is 11.3 Å². The predicted octanol–water partition coefficient (Wildman–Crippen LogP) is 2.34. The molecule has 1 rings (SSSR count). The normalized spacial score (nSPS) is 11.4. The van der Waals surface area contributed by atoms with Crippen LogP contribution in [0.1, 0.15) is 37.0 Å². The van der Waals surface area contributed by atoms with E-state index in [1.165, 1.54) is 6.20 Å². The Kier molecular flexibility index (Phi) is 4.99. The first-order valence-electron chi connectivity index (χ1n) is 5.50. The molecule has 0 bridgehead atoms. The zero-order valence-corrected chi connectivity index (χ0v) is 11.3. The summed E-state index contributed by atoms with van der Waals surface area (Å²) in [5, 5.41) is 10.2. The molecule has 16 heavy (non-hydrogen) atoms. The van der Waals surface area contributed by atoms with Crippen LogP contribution < -0.4 is 5.32 Å². The van der Waals surface area contributed by atoms with E-state index < -0.39 is 0 Å². The third kappa shape index (κ3) is 3.07. The van der Waals surface area contributed by atoms with E-state index in [0.29, 0.717) is 12.1 Å². The molecule has 0 spiro atoms. The number of aromatic nitrogens is 2. The van der Waals surface area contributed by atoms with Gasteiger partial charge in [0.25, 0.3) is 5.91 Å². The van der Waals surface area contributed by atoms with Gasteiger partial charge in [0.2, 0.25) is 0 Å². The summed E-state index contributed by atoms with van der Waals surface area (Å²) in [6.07, 6.45) is 5.22. The van der Waals surface area contributed by atoms with Crippen LogP contribution in [-0.4, -0.2) is 28.0 Å². The largest absolute Gasteiger partial charge is 0.351 e. The molecule has 0 aliphatic rings. The number of aromatic amines is 1. The Morgan fingerprint density at radius 3 is 2.69 bits per heavy atom. The fraction of sp³-hybridized carbons (Fsp3) is 0.636. The van der Waals surface area contributed by atoms with E-state index in [1.54, 1.807) is 6.20 Å². The lowest BCUT2D eigenvalue weighted by Crippen LogP contribution is -2.38. The van der Waals surface area contributed by atoms with Crippen molar-refractivity contribution >= 4 is 21.8 Å². The molecule has 5 heteroatoms. The summed E-state index contributed by atoms with van der Waals surface area (Å²) >= 11 is 3.52. The van der Waals surface area contributed by atoms with Crippen molar-refractivity contribution in [2.75, 3.05) is 11.9 Å². The predicted molar refractivity (Wildman–Crippen MR) is 67.7 cm³/mol. The molecule has 90 valence electrons. The number of hydrogen-bond acceptors (Lipinski definition) is 2. The van der Waals surface area contributed by atoms with E-state index in [2.05, 4.69) is 45.3 Å². The van der Waals surface area contributed by atoms with Crippen molar-refractivity contribution in [2.45, 2.75) is 26.7 Å². The van der Waals surface area contributed by atoms with Gasteiger partial charge in [-0.15, -0.1) is 0 Å². The number of nitrogens with zero attached hydrogens (tertiary/aromatic N) is 1. The number of carbonyl (C=O) groups excluding carboxylic acids is 1. The number of carbonyl (C=O) groups is 1. The Labute approximate surface area is 104 Å². The lowest BCUT2D eigenvalue weighted by atomic mass is 9.84. The molecule has 1 amide bonds. The van der Waals surface area contributed by atoms with Crippen LogP contribution in [0.25, 0.3) is 0 Å². The van der Waals surface area contributed by atoms with Crippen LogP contribution in [0.5, 0.6) is 0 Å². The number of alkyl halides is 1. The lowest BCUT2D eigenvalue weighted by molar-refractivity contribution is 0.0932. The Balaban J connectivity index is 2.53. The first-order chi connectivity index (χ1) is 7.67. The molecule has 0 atom stereocenters. The summed E-state index contributed by atoms with van der Waals surface area (Å²) in [7, 11) is 0. The topological polar surface area (TPSA) is 57.8 Å². The number of hydrogen-bond donors (Lipinski definition) is 2. The minimum absolute atomic E-state index is 0.0685. The van der Waals surface area contributed by atoms with Gasteiger partial charge in [-0.3, -0.25) is 9.89 Å². The van der Waals surface area contributed by atoms with Crippen LogP contribution in [0.3, 0.4) is 0 Å². The van der Waals surface area contributed by atoms with Gasteiger partial charge in [-0.25, -0.2) is 0 Å². The van der Waals surface area contributed by atoms with Crippen molar-refractivity contribution in [3.05, 3.63) is 18.0 Å². The third-order valence-corrected chi connectivity index (χ3v) is 4.36. The number of amides is 1. The zero-order valence-electron chi connectivity index (χ0n) is 9.72.